The molecule has 0 fully saturated rings. The van der Waals surface area contributed by atoms with Crippen molar-refractivity contribution in [1.29, 1.82) is 0 Å². The Hall–Kier alpha value is -2.70. The van der Waals surface area contributed by atoms with Crippen LogP contribution in [0.1, 0.15) is 33.5 Å². The second-order valence-electron chi connectivity index (χ2n) is 4.46. The van der Waals surface area contributed by atoms with E-state index in [1.807, 2.05) is 6.92 Å². The number of nitrogen functional groups attached to an aromatic ring is 1. The van der Waals surface area contributed by atoms with Gasteiger partial charge in [0.1, 0.15) is 12.2 Å². The average molecular weight is 271 g/mol. The van der Waals surface area contributed by atoms with Gasteiger partial charge in [-0.05, 0) is 19.1 Å². The van der Waals surface area contributed by atoms with Gasteiger partial charge < -0.3 is 5.73 Å². The maximum absolute atomic E-state index is 12.3. The zero-order valence-electron chi connectivity index (χ0n) is 10.9. The van der Waals surface area contributed by atoms with Crippen molar-refractivity contribution < 1.29 is 9.59 Å². The molecule has 1 aromatic heterocycles. The van der Waals surface area contributed by atoms with Gasteiger partial charge in [0.2, 0.25) is 0 Å². The summed E-state index contributed by atoms with van der Waals surface area (Å²) in [5.41, 5.74) is 6.73. The fraction of sp³-hybridized carbons (Fsp3) is 0.231. The number of carbonyl (C=O) groups is 2. The first-order valence-corrected chi connectivity index (χ1v) is 6.24. The molecule has 0 radical (unpaired) electrons. The highest BCUT2D eigenvalue weighted by molar-refractivity contribution is 6.23. The van der Waals surface area contributed by atoms with Crippen LogP contribution in [0.2, 0.25) is 0 Å². The molecule has 0 aliphatic carbocycles. The first-order chi connectivity index (χ1) is 9.63. The summed E-state index contributed by atoms with van der Waals surface area (Å²) < 4.78 is 1.65. The predicted octanol–water partition coefficient (Wildman–Crippen LogP) is 0.676. The summed E-state index contributed by atoms with van der Waals surface area (Å²) >= 11 is 0. The lowest BCUT2D eigenvalue weighted by atomic mass is 10.1. The van der Waals surface area contributed by atoms with Gasteiger partial charge in [0, 0.05) is 12.2 Å². The molecule has 2 heterocycles. The van der Waals surface area contributed by atoms with Gasteiger partial charge in [-0.1, -0.05) is 6.07 Å². The van der Waals surface area contributed by atoms with Gasteiger partial charge >= 0.3 is 0 Å². The number of hydrogen-bond donors (Lipinski definition) is 1. The number of carbonyl (C=O) groups excluding carboxylic acids is 2. The molecule has 0 bridgehead atoms. The molecule has 2 aromatic rings. The molecule has 0 unspecified atom stereocenters. The van der Waals surface area contributed by atoms with E-state index in [1.165, 1.54) is 6.33 Å². The number of benzene rings is 1. The predicted molar refractivity (Wildman–Crippen MR) is 70.8 cm³/mol. The lowest BCUT2D eigenvalue weighted by Gasteiger charge is -2.13. The zero-order valence-corrected chi connectivity index (χ0v) is 10.9. The lowest BCUT2D eigenvalue weighted by molar-refractivity contribution is 0.0636. The smallest absolute Gasteiger partial charge is 0.264 e. The Balaban J connectivity index is 1.96. The molecule has 0 saturated carbocycles. The molecule has 1 aromatic carbocycles. The first-order valence-electron chi connectivity index (χ1n) is 6.24. The number of hydrogen-bond acceptors (Lipinski definition) is 5. The minimum atomic E-state index is -0.381. The Morgan fingerprint density at radius 1 is 1.25 bits per heavy atom. The van der Waals surface area contributed by atoms with Crippen molar-refractivity contribution in [3.05, 3.63) is 41.5 Å². The van der Waals surface area contributed by atoms with E-state index in [4.69, 9.17) is 5.73 Å². The van der Waals surface area contributed by atoms with Gasteiger partial charge in [-0.2, -0.15) is 5.10 Å². The summed E-state index contributed by atoms with van der Waals surface area (Å²) in [6.07, 6.45) is 1.41. The number of aromatic nitrogens is 3. The monoisotopic (exact) mass is 271 g/mol. The van der Waals surface area contributed by atoms with Gasteiger partial charge in [0.15, 0.2) is 0 Å². The number of amides is 2. The van der Waals surface area contributed by atoms with E-state index in [9.17, 15) is 9.59 Å². The maximum Gasteiger partial charge on any atom is 0.264 e. The van der Waals surface area contributed by atoms with Crippen molar-refractivity contribution in [1.82, 2.24) is 19.7 Å². The van der Waals surface area contributed by atoms with E-state index >= 15 is 0 Å². The van der Waals surface area contributed by atoms with Crippen molar-refractivity contribution in [2.24, 2.45) is 0 Å². The summed E-state index contributed by atoms with van der Waals surface area (Å²) in [5, 5.41) is 4.03. The van der Waals surface area contributed by atoms with Gasteiger partial charge in [0.25, 0.3) is 11.8 Å². The Bertz CT molecular complexity index is 707. The third-order valence-electron chi connectivity index (χ3n) is 3.33. The van der Waals surface area contributed by atoms with Crippen LogP contribution in [0.15, 0.2) is 24.5 Å². The molecule has 0 spiro atoms. The average Bonchev–Trinajstić information content (AvgIpc) is 2.98. The molecule has 1 aliphatic rings. The summed E-state index contributed by atoms with van der Waals surface area (Å²) in [7, 11) is 0. The molecular weight excluding hydrogens is 258 g/mol. The van der Waals surface area contributed by atoms with Crippen molar-refractivity contribution in [3.8, 4) is 0 Å². The van der Waals surface area contributed by atoms with Crippen LogP contribution in [0, 0.1) is 0 Å². The number of nitrogens with zero attached hydrogens (tertiary/aromatic N) is 4. The van der Waals surface area contributed by atoms with Crippen LogP contribution < -0.4 is 5.73 Å². The number of fused-ring (bicyclic) bond motifs is 1. The number of nitrogens with two attached hydrogens (primary N) is 1. The molecule has 7 nitrogen and oxygen atoms in total. The van der Waals surface area contributed by atoms with Crippen molar-refractivity contribution in [2.75, 3.05) is 5.73 Å². The van der Waals surface area contributed by atoms with E-state index in [0.717, 1.165) is 4.90 Å². The van der Waals surface area contributed by atoms with Crippen molar-refractivity contribution in [2.45, 2.75) is 20.0 Å². The Kier molecular flexibility index (Phi) is 2.74. The quantitative estimate of drug-likeness (QED) is 0.654. The van der Waals surface area contributed by atoms with Crippen molar-refractivity contribution in [3.63, 3.8) is 0 Å². The van der Waals surface area contributed by atoms with E-state index in [1.54, 1.807) is 22.9 Å². The number of imide groups is 1. The van der Waals surface area contributed by atoms with Crippen LogP contribution in [0.25, 0.3) is 0 Å². The summed E-state index contributed by atoms with van der Waals surface area (Å²) in [6.45, 7) is 2.64. The van der Waals surface area contributed by atoms with Gasteiger partial charge in [-0.3, -0.25) is 14.5 Å². The van der Waals surface area contributed by atoms with E-state index in [-0.39, 0.29) is 23.9 Å². The van der Waals surface area contributed by atoms with Crippen molar-refractivity contribution >= 4 is 17.5 Å². The Morgan fingerprint density at radius 2 is 2.05 bits per heavy atom. The molecule has 2 amide bonds. The van der Waals surface area contributed by atoms with Crippen LogP contribution >= 0.6 is 0 Å². The van der Waals surface area contributed by atoms with Gasteiger partial charge in [-0.25, -0.2) is 9.67 Å². The normalized spacial score (nSPS) is 13.9. The molecule has 2 N–H and O–H groups in total. The first kappa shape index (κ1) is 12.3. The highest BCUT2D eigenvalue weighted by Crippen LogP contribution is 2.28. The summed E-state index contributed by atoms with van der Waals surface area (Å²) in [5.74, 6) is -0.155. The van der Waals surface area contributed by atoms with E-state index in [0.29, 0.717) is 23.6 Å². The fourth-order valence-corrected chi connectivity index (χ4v) is 2.32. The second kappa shape index (κ2) is 4.44. The minimum absolute atomic E-state index is 0.0969. The lowest BCUT2D eigenvalue weighted by Crippen LogP contribution is -2.30. The molecule has 0 atom stereocenters. The van der Waals surface area contributed by atoms with Crippen LogP contribution in [0.5, 0.6) is 0 Å². The van der Waals surface area contributed by atoms with E-state index in [2.05, 4.69) is 10.1 Å². The maximum atomic E-state index is 12.3. The molecule has 0 saturated heterocycles. The highest BCUT2D eigenvalue weighted by Gasteiger charge is 2.37. The summed E-state index contributed by atoms with van der Waals surface area (Å²) in [6, 6.07) is 4.88. The third kappa shape index (κ3) is 1.67. The number of anilines is 1. The SMILES string of the molecule is CCn1ncnc1CN1C(=O)c2cccc(N)c2C1=O. The highest BCUT2D eigenvalue weighted by atomic mass is 16.2. The third-order valence-corrected chi connectivity index (χ3v) is 3.33. The van der Waals surface area contributed by atoms with E-state index < -0.39 is 0 Å². The number of aryl methyl sites for hydroxylation is 1. The standard InChI is InChI=1S/C13H13N5O2/c1-2-18-10(15-7-16-18)6-17-12(19)8-4-3-5-9(14)11(8)13(17)20/h3-5,7H,2,6,14H2,1H3. The molecule has 7 heteroatoms. The fourth-order valence-electron chi connectivity index (χ4n) is 2.32. The van der Waals surface area contributed by atoms with Gasteiger partial charge in [0.05, 0.1) is 17.7 Å². The molecule has 3 rings (SSSR count). The molecule has 20 heavy (non-hydrogen) atoms. The zero-order chi connectivity index (χ0) is 14.3. The molecule has 102 valence electrons. The Labute approximate surface area is 115 Å². The second-order valence-corrected chi connectivity index (χ2v) is 4.46. The van der Waals surface area contributed by atoms with Crippen LogP contribution in [-0.4, -0.2) is 31.5 Å². The molecule has 1 aliphatic heterocycles. The van der Waals surface area contributed by atoms with Gasteiger partial charge in [-0.15, -0.1) is 0 Å². The topological polar surface area (TPSA) is 94.1 Å². The molecular formula is C13H13N5O2. The largest absolute Gasteiger partial charge is 0.398 e. The van der Waals surface area contributed by atoms with Crippen LogP contribution in [0.3, 0.4) is 0 Å². The Morgan fingerprint density at radius 3 is 2.75 bits per heavy atom. The minimum Gasteiger partial charge on any atom is -0.398 e. The van der Waals surface area contributed by atoms with Crippen LogP contribution in [-0.2, 0) is 13.1 Å². The summed E-state index contributed by atoms with van der Waals surface area (Å²) in [4.78, 5) is 29.8. The number of rotatable bonds is 3. The van der Waals surface area contributed by atoms with Crippen LogP contribution in [0.4, 0.5) is 5.69 Å².